The van der Waals surface area contributed by atoms with Crippen LogP contribution in [-0.2, 0) is 25.7 Å². The van der Waals surface area contributed by atoms with Crippen molar-refractivity contribution in [2.45, 2.75) is 0 Å². The van der Waals surface area contributed by atoms with Crippen molar-refractivity contribution < 1.29 is 25.7 Å². The van der Waals surface area contributed by atoms with Gasteiger partial charge < -0.3 is 0 Å². The largest absolute Gasteiger partial charge is 0.144 e. The molecule has 0 atom stereocenters. The Morgan fingerprint density at radius 3 is 2.42 bits per heavy atom. The fourth-order valence-electron chi connectivity index (χ4n) is 0.906. The average Bonchev–Trinajstić information content (AvgIpc) is 2.52. The molecule has 0 bridgehead atoms. The van der Waals surface area contributed by atoms with Crippen LogP contribution in [0.2, 0.25) is 0 Å². The summed E-state index contributed by atoms with van der Waals surface area (Å²) in [6, 6.07) is 10.5. The third kappa shape index (κ3) is 2.52. The van der Waals surface area contributed by atoms with Crippen LogP contribution in [0.5, 0.6) is 0 Å². The van der Waals surface area contributed by atoms with Crippen molar-refractivity contribution in [1.29, 1.82) is 0 Å². The van der Waals surface area contributed by atoms with E-state index in [-0.39, 0.29) is 0 Å². The van der Waals surface area contributed by atoms with Gasteiger partial charge in [-0.25, -0.2) is 0 Å². The SMILES string of the molecule is [O]=[Ti]=[O].c1ccc2sccc2c1. The first kappa shape index (κ1) is 9.58. The predicted octanol–water partition coefficient (Wildman–Crippen LogP) is 2.66. The first-order chi connectivity index (χ1) is 5.88. The van der Waals surface area contributed by atoms with Gasteiger partial charge in [0.15, 0.2) is 0 Å². The first-order valence-electron chi connectivity index (χ1n) is 3.30. The monoisotopic (exact) mass is 214 g/mol. The maximum Gasteiger partial charge on any atom is 0.0342 e. The summed E-state index contributed by atoms with van der Waals surface area (Å²) in [5.41, 5.74) is 0. The van der Waals surface area contributed by atoms with Gasteiger partial charge >= 0.3 is 25.7 Å². The molecule has 1 aromatic carbocycles. The summed E-state index contributed by atoms with van der Waals surface area (Å²) in [7, 11) is 0. The molecule has 0 aliphatic carbocycles. The molecule has 0 unspecified atom stereocenters. The predicted molar refractivity (Wildman–Crippen MR) is 43.2 cm³/mol. The summed E-state index contributed by atoms with van der Waals surface area (Å²) in [5.74, 6) is 0. The molecular weight excluding hydrogens is 208 g/mol. The molecule has 0 fully saturated rings. The van der Waals surface area contributed by atoms with E-state index in [1.165, 1.54) is 10.1 Å². The van der Waals surface area contributed by atoms with Crippen LogP contribution in [0.1, 0.15) is 0 Å². The summed E-state index contributed by atoms with van der Waals surface area (Å²) in [4.78, 5) is 0. The Morgan fingerprint density at radius 1 is 1.08 bits per heavy atom. The van der Waals surface area contributed by atoms with E-state index in [1.54, 1.807) is 11.3 Å². The van der Waals surface area contributed by atoms with Gasteiger partial charge in [0, 0.05) is 4.70 Å². The summed E-state index contributed by atoms with van der Waals surface area (Å²) in [6.45, 7) is 0. The number of rotatable bonds is 0. The first-order valence-corrected chi connectivity index (χ1v) is 5.45. The normalized spacial score (nSPS) is 8.33. The second-order valence-electron chi connectivity index (χ2n) is 2.04. The molecule has 0 saturated heterocycles. The van der Waals surface area contributed by atoms with Crippen LogP contribution in [-0.4, -0.2) is 0 Å². The van der Waals surface area contributed by atoms with E-state index in [4.69, 9.17) is 6.65 Å². The van der Waals surface area contributed by atoms with Crippen molar-refractivity contribution in [3.05, 3.63) is 35.7 Å². The Labute approximate surface area is 82.8 Å². The number of hydrogen-bond acceptors (Lipinski definition) is 3. The molecule has 2 aromatic rings. The molecule has 0 aliphatic rings. The van der Waals surface area contributed by atoms with Crippen molar-refractivity contribution in [3.8, 4) is 0 Å². The summed E-state index contributed by atoms with van der Waals surface area (Å²) in [6.07, 6.45) is 0. The zero-order valence-corrected chi connectivity index (χ0v) is 8.57. The molecule has 0 spiro atoms. The molecule has 1 aromatic heterocycles. The van der Waals surface area contributed by atoms with Crippen LogP contribution in [0.15, 0.2) is 35.7 Å². The maximum absolute atomic E-state index is 8.50. The van der Waals surface area contributed by atoms with E-state index in [2.05, 4.69) is 35.7 Å². The van der Waals surface area contributed by atoms with E-state index in [0.717, 1.165) is 0 Å². The van der Waals surface area contributed by atoms with E-state index < -0.39 is 19.1 Å². The summed E-state index contributed by atoms with van der Waals surface area (Å²) in [5, 5.41) is 3.47. The Balaban J connectivity index is 0.000000213. The third-order valence-electron chi connectivity index (χ3n) is 1.36. The molecule has 0 N–H and O–H groups in total. The number of thiophene rings is 1. The van der Waals surface area contributed by atoms with Gasteiger partial charge in [-0.3, -0.25) is 0 Å². The fourth-order valence-corrected chi connectivity index (χ4v) is 1.70. The molecule has 0 amide bonds. The molecule has 2 nitrogen and oxygen atoms in total. The molecule has 60 valence electrons. The molecule has 0 aliphatic heterocycles. The van der Waals surface area contributed by atoms with Crippen molar-refractivity contribution in [2.75, 3.05) is 0 Å². The Morgan fingerprint density at radius 2 is 1.75 bits per heavy atom. The number of hydrogen-bond donors (Lipinski definition) is 0. The Kier molecular flexibility index (Phi) is 4.15. The molecule has 0 saturated carbocycles. The van der Waals surface area contributed by atoms with Crippen molar-refractivity contribution >= 4 is 21.4 Å². The van der Waals surface area contributed by atoms with E-state index in [0.29, 0.717) is 0 Å². The Hall–Kier alpha value is -0.506. The van der Waals surface area contributed by atoms with Crippen LogP contribution in [0.3, 0.4) is 0 Å². The molecule has 1 heterocycles. The second kappa shape index (κ2) is 5.19. The van der Waals surface area contributed by atoms with Gasteiger partial charge in [-0.1, -0.05) is 18.2 Å². The quantitative estimate of drug-likeness (QED) is 0.631. The van der Waals surface area contributed by atoms with E-state index in [1.807, 2.05) is 0 Å². The van der Waals surface area contributed by atoms with Gasteiger partial charge in [-0.05, 0) is 22.9 Å². The fraction of sp³-hybridized carbons (Fsp3) is 0. The molecular formula is C8H6O2STi. The molecule has 2 rings (SSSR count). The van der Waals surface area contributed by atoms with Gasteiger partial charge in [0.1, 0.15) is 0 Å². The van der Waals surface area contributed by atoms with E-state index >= 15 is 0 Å². The zero-order chi connectivity index (χ0) is 8.81. The average molecular weight is 214 g/mol. The van der Waals surface area contributed by atoms with Gasteiger partial charge in [0.2, 0.25) is 0 Å². The van der Waals surface area contributed by atoms with E-state index in [9.17, 15) is 0 Å². The zero-order valence-electron chi connectivity index (χ0n) is 6.19. The van der Waals surface area contributed by atoms with Crippen molar-refractivity contribution in [3.63, 3.8) is 0 Å². The van der Waals surface area contributed by atoms with Crippen LogP contribution >= 0.6 is 11.3 Å². The van der Waals surface area contributed by atoms with Crippen molar-refractivity contribution in [2.24, 2.45) is 0 Å². The van der Waals surface area contributed by atoms with Crippen molar-refractivity contribution in [1.82, 2.24) is 0 Å². The van der Waals surface area contributed by atoms with Crippen LogP contribution in [0, 0.1) is 0 Å². The Bertz CT molecular complexity index is 360. The third-order valence-corrected chi connectivity index (χ3v) is 2.26. The summed E-state index contributed by atoms with van der Waals surface area (Å²) < 4.78 is 18.4. The number of benzene rings is 1. The topological polar surface area (TPSA) is 34.1 Å². The summed E-state index contributed by atoms with van der Waals surface area (Å²) >= 11 is -0.213. The van der Waals surface area contributed by atoms with Gasteiger partial charge in [0.25, 0.3) is 0 Å². The maximum atomic E-state index is 8.50. The minimum atomic E-state index is -2.00. The van der Waals surface area contributed by atoms with Gasteiger partial charge in [-0.2, -0.15) is 0 Å². The molecule has 0 radical (unpaired) electrons. The van der Waals surface area contributed by atoms with Crippen LogP contribution < -0.4 is 0 Å². The second-order valence-corrected chi connectivity index (χ2v) is 3.25. The van der Waals surface area contributed by atoms with Crippen LogP contribution in [0.25, 0.3) is 10.1 Å². The standard InChI is InChI=1S/C8H6S.2O.Ti/c1-2-4-8-7(3-1)5-6-9-8;;;/h1-6H;;;. The minimum Gasteiger partial charge on any atom is -0.144 e. The number of fused-ring (bicyclic) bond motifs is 1. The van der Waals surface area contributed by atoms with Gasteiger partial charge in [-0.15, -0.1) is 11.3 Å². The molecule has 4 heteroatoms. The molecule has 12 heavy (non-hydrogen) atoms. The van der Waals surface area contributed by atoms with Crippen LogP contribution in [0.4, 0.5) is 0 Å². The van der Waals surface area contributed by atoms with Gasteiger partial charge in [0.05, 0.1) is 0 Å². The smallest absolute Gasteiger partial charge is 0.0342 e. The minimum absolute atomic E-state index is 1.35.